The monoisotopic (exact) mass is 232 g/mol. The van der Waals surface area contributed by atoms with E-state index in [2.05, 4.69) is 0 Å². The lowest BCUT2D eigenvalue weighted by Crippen LogP contribution is -1.85. The van der Waals surface area contributed by atoms with Crippen LogP contribution in [0, 0.1) is 0 Å². The number of para-hydroxylation sites is 1. The minimum absolute atomic E-state index is 0.103. The van der Waals surface area contributed by atoms with E-state index in [1.54, 1.807) is 14.0 Å². The van der Waals surface area contributed by atoms with Gasteiger partial charge in [-0.15, -0.1) is 11.3 Å². The van der Waals surface area contributed by atoms with Crippen LogP contribution in [0.2, 0.25) is 0 Å². The maximum Gasteiger partial charge on any atom is 0.169 e. The van der Waals surface area contributed by atoms with Gasteiger partial charge in [0.2, 0.25) is 0 Å². The molecule has 0 unspecified atom stereocenters. The largest absolute Gasteiger partial charge is 0.496 e. The van der Waals surface area contributed by atoms with E-state index < -0.39 is 0 Å². The van der Waals surface area contributed by atoms with Crippen molar-refractivity contribution < 1.29 is 9.53 Å². The van der Waals surface area contributed by atoms with E-state index in [4.69, 9.17) is 4.74 Å². The summed E-state index contributed by atoms with van der Waals surface area (Å²) in [6.45, 7) is 1.58. The molecule has 0 amide bonds. The lowest BCUT2D eigenvalue weighted by Gasteiger charge is -2.05. The van der Waals surface area contributed by atoms with Crippen LogP contribution in [0.4, 0.5) is 0 Å². The SMILES string of the molecule is COc1ccccc1-c1ccc(C(C)=O)s1. The van der Waals surface area contributed by atoms with Crippen LogP contribution in [0.3, 0.4) is 0 Å². The van der Waals surface area contributed by atoms with Gasteiger partial charge in [0.05, 0.1) is 12.0 Å². The molecule has 0 aliphatic carbocycles. The maximum atomic E-state index is 11.2. The molecule has 3 heteroatoms. The summed E-state index contributed by atoms with van der Waals surface area (Å²) in [7, 11) is 1.65. The number of carbonyl (C=O) groups excluding carboxylic acids is 1. The van der Waals surface area contributed by atoms with Crippen LogP contribution in [0.1, 0.15) is 16.6 Å². The zero-order valence-electron chi connectivity index (χ0n) is 9.19. The molecule has 0 spiro atoms. The van der Waals surface area contributed by atoms with Crippen LogP contribution in [-0.4, -0.2) is 12.9 Å². The first kappa shape index (κ1) is 10.9. The third-order valence-electron chi connectivity index (χ3n) is 2.33. The van der Waals surface area contributed by atoms with Gasteiger partial charge in [0.1, 0.15) is 5.75 Å². The molecule has 0 saturated heterocycles. The van der Waals surface area contributed by atoms with Crippen molar-refractivity contribution in [1.29, 1.82) is 0 Å². The molecule has 0 atom stereocenters. The molecular weight excluding hydrogens is 220 g/mol. The van der Waals surface area contributed by atoms with Crippen LogP contribution < -0.4 is 4.74 Å². The molecule has 0 bridgehead atoms. The first-order chi connectivity index (χ1) is 7.72. The first-order valence-corrected chi connectivity index (χ1v) is 5.78. The Morgan fingerprint density at radius 3 is 2.56 bits per heavy atom. The molecule has 2 rings (SSSR count). The van der Waals surface area contributed by atoms with E-state index in [-0.39, 0.29) is 5.78 Å². The van der Waals surface area contributed by atoms with Gasteiger partial charge >= 0.3 is 0 Å². The van der Waals surface area contributed by atoms with E-state index in [1.165, 1.54) is 11.3 Å². The standard InChI is InChI=1S/C13H12O2S/c1-9(14)12-7-8-13(16-12)10-5-3-4-6-11(10)15-2/h3-8H,1-2H3. The zero-order valence-corrected chi connectivity index (χ0v) is 10.0. The molecule has 2 aromatic rings. The predicted octanol–water partition coefficient (Wildman–Crippen LogP) is 3.63. The number of Topliss-reactive ketones (excluding diaryl/α,β-unsaturated/α-hetero) is 1. The maximum absolute atomic E-state index is 11.2. The Morgan fingerprint density at radius 2 is 1.94 bits per heavy atom. The fourth-order valence-corrected chi connectivity index (χ4v) is 2.45. The van der Waals surface area contributed by atoms with Crippen molar-refractivity contribution in [2.45, 2.75) is 6.92 Å². The quantitative estimate of drug-likeness (QED) is 0.755. The van der Waals surface area contributed by atoms with Gasteiger partial charge in [-0.3, -0.25) is 4.79 Å². The number of carbonyl (C=O) groups is 1. The summed E-state index contributed by atoms with van der Waals surface area (Å²) in [5.41, 5.74) is 1.03. The number of ether oxygens (including phenoxy) is 1. The summed E-state index contributed by atoms with van der Waals surface area (Å²) in [6, 6.07) is 11.6. The average Bonchev–Trinajstić information content (AvgIpc) is 2.78. The third-order valence-corrected chi connectivity index (χ3v) is 3.54. The van der Waals surface area contributed by atoms with E-state index >= 15 is 0 Å². The molecule has 0 radical (unpaired) electrons. The van der Waals surface area contributed by atoms with Gasteiger partial charge in [-0.2, -0.15) is 0 Å². The van der Waals surface area contributed by atoms with Gasteiger partial charge in [0, 0.05) is 10.4 Å². The van der Waals surface area contributed by atoms with E-state index in [9.17, 15) is 4.79 Å². The molecule has 82 valence electrons. The van der Waals surface area contributed by atoms with Crippen molar-refractivity contribution in [3.8, 4) is 16.2 Å². The van der Waals surface area contributed by atoms with Gasteiger partial charge in [-0.1, -0.05) is 12.1 Å². The van der Waals surface area contributed by atoms with Gasteiger partial charge in [-0.05, 0) is 31.2 Å². The average molecular weight is 232 g/mol. The number of benzene rings is 1. The highest BCUT2D eigenvalue weighted by atomic mass is 32.1. The van der Waals surface area contributed by atoms with E-state index in [1.807, 2.05) is 36.4 Å². The summed E-state index contributed by atoms with van der Waals surface area (Å²) in [4.78, 5) is 13.1. The van der Waals surface area contributed by atoms with Gasteiger partial charge in [0.25, 0.3) is 0 Å². The van der Waals surface area contributed by atoms with Gasteiger partial charge < -0.3 is 4.74 Å². The summed E-state index contributed by atoms with van der Waals surface area (Å²) < 4.78 is 5.29. The van der Waals surface area contributed by atoms with Crippen molar-refractivity contribution in [1.82, 2.24) is 0 Å². The molecule has 0 aliphatic rings. The zero-order chi connectivity index (χ0) is 11.5. The molecule has 1 aromatic carbocycles. The van der Waals surface area contributed by atoms with Crippen LogP contribution in [0.15, 0.2) is 36.4 Å². The highest BCUT2D eigenvalue weighted by molar-refractivity contribution is 7.17. The van der Waals surface area contributed by atoms with Gasteiger partial charge in [-0.25, -0.2) is 0 Å². The summed E-state index contributed by atoms with van der Waals surface area (Å²) in [6.07, 6.45) is 0. The Kier molecular flexibility index (Phi) is 3.06. The van der Waals surface area contributed by atoms with Crippen LogP contribution in [-0.2, 0) is 0 Å². The highest BCUT2D eigenvalue weighted by Crippen LogP contribution is 2.34. The molecule has 0 aliphatic heterocycles. The van der Waals surface area contributed by atoms with E-state index in [0.717, 1.165) is 21.1 Å². The minimum atomic E-state index is 0.103. The number of hydrogen-bond acceptors (Lipinski definition) is 3. The molecule has 16 heavy (non-hydrogen) atoms. The lowest BCUT2D eigenvalue weighted by molar-refractivity contribution is 0.102. The Balaban J connectivity index is 2.46. The normalized spacial score (nSPS) is 10.1. The Labute approximate surface area is 98.5 Å². The van der Waals surface area contributed by atoms with Crippen LogP contribution in [0.5, 0.6) is 5.75 Å². The fourth-order valence-electron chi connectivity index (χ4n) is 1.52. The second-order valence-corrected chi connectivity index (χ2v) is 4.50. The van der Waals surface area contributed by atoms with Gasteiger partial charge in [0.15, 0.2) is 5.78 Å². The van der Waals surface area contributed by atoms with Crippen molar-refractivity contribution >= 4 is 17.1 Å². The minimum Gasteiger partial charge on any atom is -0.496 e. The molecular formula is C13H12O2S. The fraction of sp³-hybridized carbons (Fsp3) is 0.154. The number of thiophene rings is 1. The number of ketones is 1. The summed E-state index contributed by atoms with van der Waals surface area (Å²) >= 11 is 1.49. The van der Waals surface area contributed by atoms with Crippen molar-refractivity contribution in [2.24, 2.45) is 0 Å². The summed E-state index contributed by atoms with van der Waals surface area (Å²) in [5.74, 6) is 0.936. The molecule has 0 N–H and O–H groups in total. The lowest BCUT2D eigenvalue weighted by atomic mass is 10.1. The van der Waals surface area contributed by atoms with E-state index in [0.29, 0.717) is 0 Å². The molecule has 1 heterocycles. The molecule has 0 saturated carbocycles. The van der Waals surface area contributed by atoms with Crippen LogP contribution >= 0.6 is 11.3 Å². The number of hydrogen-bond donors (Lipinski definition) is 0. The molecule has 2 nitrogen and oxygen atoms in total. The highest BCUT2D eigenvalue weighted by Gasteiger charge is 2.09. The number of rotatable bonds is 3. The van der Waals surface area contributed by atoms with Crippen LogP contribution in [0.25, 0.3) is 10.4 Å². The predicted molar refractivity (Wildman–Crippen MR) is 66.3 cm³/mol. The Bertz CT molecular complexity index is 514. The van der Waals surface area contributed by atoms with Crippen molar-refractivity contribution in [3.05, 3.63) is 41.3 Å². The second-order valence-electron chi connectivity index (χ2n) is 3.42. The first-order valence-electron chi connectivity index (χ1n) is 4.96. The molecule has 0 fully saturated rings. The topological polar surface area (TPSA) is 26.3 Å². The number of methoxy groups -OCH3 is 1. The Hall–Kier alpha value is -1.61. The third kappa shape index (κ3) is 1.99. The Morgan fingerprint density at radius 1 is 1.19 bits per heavy atom. The smallest absolute Gasteiger partial charge is 0.169 e. The summed E-state index contributed by atoms with van der Waals surface area (Å²) in [5, 5.41) is 0. The van der Waals surface area contributed by atoms with Crippen molar-refractivity contribution in [3.63, 3.8) is 0 Å². The molecule has 1 aromatic heterocycles. The second kappa shape index (κ2) is 4.49. The van der Waals surface area contributed by atoms with Crippen molar-refractivity contribution in [2.75, 3.05) is 7.11 Å².